The minimum Gasteiger partial charge on any atom is -0.490 e. The van der Waals surface area contributed by atoms with Crippen molar-refractivity contribution in [1.82, 2.24) is 10.2 Å². The molecule has 0 radical (unpaired) electrons. The topological polar surface area (TPSA) is 75.2 Å². The maximum atomic E-state index is 12.4. The summed E-state index contributed by atoms with van der Waals surface area (Å²) < 4.78 is 11.4. The first-order valence-corrected chi connectivity index (χ1v) is 10.4. The first-order valence-electron chi connectivity index (χ1n) is 10.4. The number of carbonyl (C=O) groups excluding carboxylic acids is 1. The van der Waals surface area contributed by atoms with Crippen LogP contribution in [0.15, 0.2) is 53.5 Å². The molecule has 0 aliphatic carbocycles. The Hall–Kier alpha value is -3.22. The monoisotopic (exact) mass is 410 g/mol. The van der Waals surface area contributed by atoms with Crippen molar-refractivity contribution in [2.24, 2.45) is 4.99 Å². The van der Waals surface area contributed by atoms with Gasteiger partial charge >= 0.3 is 0 Å². The number of hydrogen-bond donors (Lipinski definition) is 2. The van der Waals surface area contributed by atoms with E-state index in [4.69, 9.17) is 9.47 Å². The van der Waals surface area contributed by atoms with E-state index in [1.807, 2.05) is 62.5 Å². The smallest absolute Gasteiger partial charge is 0.224 e. The van der Waals surface area contributed by atoms with E-state index in [1.54, 1.807) is 4.90 Å². The van der Waals surface area contributed by atoms with Gasteiger partial charge in [0, 0.05) is 44.7 Å². The van der Waals surface area contributed by atoms with E-state index in [0.717, 1.165) is 35.7 Å². The molecule has 2 aromatic rings. The fourth-order valence-electron chi connectivity index (χ4n) is 3.08. The first kappa shape index (κ1) is 21.5. The number of amides is 1. The van der Waals surface area contributed by atoms with E-state index >= 15 is 0 Å². The van der Waals surface area contributed by atoms with E-state index in [1.165, 1.54) is 0 Å². The average molecular weight is 411 g/mol. The number of hydrogen-bond acceptors (Lipinski definition) is 4. The molecule has 1 amide bonds. The van der Waals surface area contributed by atoms with E-state index in [-0.39, 0.29) is 5.91 Å². The molecule has 2 aromatic carbocycles. The van der Waals surface area contributed by atoms with Crippen molar-refractivity contribution < 1.29 is 14.3 Å². The summed E-state index contributed by atoms with van der Waals surface area (Å²) in [5, 5.41) is 6.48. The van der Waals surface area contributed by atoms with E-state index in [2.05, 4.69) is 15.6 Å². The van der Waals surface area contributed by atoms with Crippen molar-refractivity contribution in [3.05, 3.63) is 54.1 Å². The van der Waals surface area contributed by atoms with Crippen LogP contribution >= 0.6 is 0 Å². The zero-order valence-electron chi connectivity index (χ0n) is 17.7. The minimum atomic E-state index is 0.0639. The summed E-state index contributed by atoms with van der Waals surface area (Å²) in [6.07, 6.45) is 1.22. The first-order chi connectivity index (χ1) is 14.7. The molecule has 1 aliphatic rings. The van der Waals surface area contributed by atoms with Gasteiger partial charge in [-0.2, -0.15) is 0 Å². The third kappa shape index (κ3) is 6.40. The van der Waals surface area contributed by atoms with Crippen molar-refractivity contribution in [3.63, 3.8) is 0 Å². The molecular formula is C23H30N4O3. The van der Waals surface area contributed by atoms with E-state index in [9.17, 15) is 4.79 Å². The van der Waals surface area contributed by atoms with Crippen molar-refractivity contribution >= 4 is 17.6 Å². The molecule has 2 N–H and O–H groups in total. The van der Waals surface area contributed by atoms with Gasteiger partial charge in [0.15, 0.2) is 17.5 Å². The molecule has 0 fully saturated rings. The molecule has 0 unspecified atom stereocenters. The predicted octanol–water partition coefficient (Wildman–Crippen LogP) is 3.27. The van der Waals surface area contributed by atoms with E-state index in [0.29, 0.717) is 38.7 Å². The lowest BCUT2D eigenvalue weighted by Crippen LogP contribution is -2.31. The van der Waals surface area contributed by atoms with Crippen molar-refractivity contribution in [3.8, 4) is 11.5 Å². The van der Waals surface area contributed by atoms with Gasteiger partial charge < -0.3 is 25.0 Å². The molecule has 0 aromatic heterocycles. The number of fused-ring (bicyclic) bond motifs is 1. The molecule has 0 saturated carbocycles. The quantitative estimate of drug-likeness (QED) is 0.541. The van der Waals surface area contributed by atoms with Gasteiger partial charge in [-0.1, -0.05) is 30.3 Å². The Labute approximate surface area is 178 Å². The van der Waals surface area contributed by atoms with Crippen LogP contribution in [0.4, 0.5) is 5.69 Å². The Morgan fingerprint density at radius 3 is 2.63 bits per heavy atom. The SMILES string of the molecule is CCNC(=NCCC(=O)N(C)Cc1ccccc1)Nc1ccc2c(c1)OCCCO2. The molecule has 1 aliphatic heterocycles. The normalized spacial score (nSPS) is 13.3. The van der Waals surface area contributed by atoms with Crippen LogP contribution in [0, 0.1) is 0 Å². The maximum absolute atomic E-state index is 12.4. The van der Waals surface area contributed by atoms with Gasteiger partial charge in [-0.05, 0) is 24.6 Å². The van der Waals surface area contributed by atoms with Gasteiger partial charge in [-0.25, -0.2) is 0 Å². The molecule has 0 saturated heterocycles. The summed E-state index contributed by atoms with van der Waals surface area (Å²) in [5.74, 6) is 2.18. The van der Waals surface area contributed by atoms with Crippen LogP contribution < -0.4 is 20.1 Å². The molecule has 0 bridgehead atoms. The lowest BCUT2D eigenvalue weighted by atomic mass is 10.2. The zero-order chi connectivity index (χ0) is 21.2. The molecule has 160 valence electrons. The minimum absolute atomic E-state index is 0.0639. The molecule has 3 rings (SSSR count). The lowest BCUT2D eigenvalue weighted by Gasteiger charge is -2.17. The van der Waals surface area contributed by atoms with E-state index < -0.39 is 0 Å². The third-order valence-corrected chi connectivity index (χ3v) is 4.64. The standard InChI is InChI=1S/C23H30N4O3/c1-3-24-23(26-19-10-11-20-21(16-19)30-15-7-14-29-20)25-13-12-22(28)27(2)17-18-8-5-4-6-9-18/h4-6,8-11,16H,3,7,12-15,17H2,1-2H3,(H2,24,25,26). The largest absolute Gasteiger partial charge is 0.490 e. The molecular weight excluding hydrogens is 380 g/mol. The summed E-state index contributed by atoms with van der Waals surface area (Å²) in [6, 6.07) is 15.7. The molecule has 0 atom stereocenters. The Morgan fingerprint density at radius 2 is 1.87 bits per heavy atom. The van der Waals surface area contributed by atoms with Crippen LogP contribution in [0.3, 0.4) is 0 Å². The third-order valence-electron chi connectivity index (χ3n) is 4.64. The predicted molar refractivity (Wildman–Crippen MR) is 119 cm³/mol. The van der Waals surface area contributed by atoms with Crippen molar-refractivity contribution in [2.75, 3.05) is 38.7 Å². The summed E-state index contributed by atoms with van der Waals surface area (Å²) in [7, 11) is 1.82. The van der Waals surface area contributed by atoms with Crippen molar-refractivity contribution in [2.45, 2.75) is 26.3 Å². The van der Waals surface area contributed by atoms with Crippen LogP contribution in [0.2, 0.25) is 0 Å². The molecule has 30 heavy (non-hydrogen) atoms. The zero-order valence-corrected chi connectivity index (χ0v) is 17.7. The highest BCUT2D eigenvalue weighted by atomic mass is 16.5. The van der Waals surface area contributed by atoms with Gasteiger partial charge in [0.2, 0.25) is 5.91 Å². The molecule has 7 heteroatoms. The second-order valence-electron chi connectivity index (χ2n) is 7.08. The average Bonchev–Trinajstić information content (AvgIpc) is 2.99. The number of nitrogens with zero attached hydrogens (tertiary/aromatic N) is 2. The Balaban J connectivity index is 1.55. The summed E-state index contributed by atoms with van der Waals surface area (Å²) in [4.78, 5) is 18.7. The number of benzene rings is 2. The van der Waals surface area contributed by atoms with Crippen LogP contribution in [0.5, 0.6) is 11.5 Å². The van der Waals surface area contributed by atoms with Crippen molar-refractivity contribution in [1.29, 1.82) is 0 Å². The fraction of sp³-hybridized carbons (Fsp3) is 0.391. The number of anilines is 1. The number of carbonyl (C=O) groups is 1. The number of aliphatic imine (C=N–C) groups is 1. The fourth-order valence-corrected chi connectivity index (χ4v) is 3.08. The highest BCUT2D eigenvalue weighted by molar-refractivity contribution is 5.94. The van der Waals surface area contributed by atoms with Gasteiger partial charge in [0.1, 0.15) is 0 Å². The van der Waals surface area contributed by atoms with Crippen LogP contribution in [-0.4, -0.2) is 50.1 Å². The van der Waals surface area contributed by atoms with Gasteiger partial charge in [0.25, 0.3) is 0 Å². The van der Waals surface area contributed by atoms with Gasteiger partial charge in [-0.3, -0.25) is 9.79 Å². The number of rotatable bonds is 7. The van der Waals surface area contributed by atoms with Gasteiger partial charge in [0.05, 0.1) is 19.8 Å². The molecule has 0 spiro atoms. The van der Waals surface area contributed by atoms with Crippen LogP contribution in [0.25, 0.3) is 0 Å². The molecule has 1 heterocycles. The summed E-state index contributed by atoms with van der Waals surface area (Å²) in [5.41, 5.74) is 1.97. The Morgan fingerprint density at radius 1 is 1.10 bits per heavy atom. The highest BCUT2D eigenvalue weighted by Gasteiger charge is 2.12. The molecule has 7 nitrogen and oxygen atoms in total. The second kappa shape index (κ2) is 11.1. The number of ether oxygens (including phenoxy) is 2. The number of guanidine groups is 1. The number of nitrogens with one attached hydrogen (secondary N) is 2. The summed E-state index contributed by atoms with van der Waals surface area (Å²) >= 11 is 0. The second-order valence-corrected chi connectivity index (χ2v) is 7.08. The highest BCUT2D eigenvalue weighted by Crippen LogP contribution is 2.32. The lowest BCUT2D eigenvalue weighted by molar-refractivity contribution is -0.130. The Bertz CT molecular complexity index is 855. The van der Waals surface area contributed by atoms with Crippen LogP contribution in [0.1, 0.15) is 25.3 Å². The summed E-state index contributed by atoms with van der Waals surface area (Å²) in [6.45, 7) is 5.03. The maximum Gasteiger partial charge on any atom is 0.224 e. The van der Waals surface area contributed by atoms with Gasteiger partial charge in [-0.15, -0.1) is 0 Å². The Kier molecular flexibility index (Phi) is 7.94. The van der Waals surface area contributed by atoms with Crippen LogP contribution in [-0.2, 0) is 11.3 Å².